The van der Waals surface area contributed by atoms with E-state index < -0.39 is 61.6 Å². The number of ether oxygens (including phenoxy) is 6. The van der Waals surface area contributed by atoms with E-state index in [4.69, 9.17) is 28.4 Å². The highest BCUT2D eigenvalue weighted by Gasteiger charge is 2.44. The number of aromatic nitrogens is 2. The normalized spacial score (nSPS) is 16.2. The van der Waals surface area contributed by atoms with Crippen LogP contribution in [0.2, 0.25) is 0 Å². The number of thiazole rings is 1. The summed E-state index contributed by atoms with van der Waals surface area (Å²) in [5.74, 6) is -0.484. The third kappa shape index (κ3) is 15.7. The molecule has 4 atom stereocenters. The van der Waals surface area contributed by atoms with Crippen molar-refractivity contribution in [3.05, 3.63) is 113 Å². The zero-order valence-electron chi connectivity index (χ0n) is 50.2. The molecular weight excluding hydrogens is 1110 g/mol. The van der Waals surface area contributed by atoms with Crippen LogP contribution in [0.4, 0.5) is 16.2 Å². The summed E-state index contributed by atoms with van der Waals surface area (Å²) >= 11 is 1.56. The number of sulfone groups is 1. The van der Waals surface area contributed by atoms with Crippen molar-refractivity contribution in [3.8, 4) is 11.5 Å². The maximum Gasteiger partial charge on any atom is 0.410 e. The van der Waals surface area contributed by atoms with Crippen LogP contribution in [0.3, 0.4) is 0 Å². The molecule has 1 aliphatic heterocycles. The second-order valence-electron chi connectivity index (χ2n) is 24.3. The van der Waals surface area contributed by atoms with Gasteiger partial charge in [0.1, 0.15) is 53.3 Å². The Morgan fingerprint density at radius 3 is 2.15 bits per heavy atom. The average Bonchev–Trinajstić information content (AvgIpc) is 2.07. The molecule has 1 unspecified atom stereocenters. The number of aryl methyl sites for hydroxylation is 1. The van der Waals surface area contributed by atoms with E-state index in [1.807, 2.05) is 81.4 Å². The van der Waals surface area contributed by atoms with Crippen molar-refractivity contribution in [2.45, 2.75) is 141 Å². The number of fused-ring (bicyclic) bond motifs is 4. The molecule has 1 aliphatic carbocycles. The quantitative estimate of drug-likeness (QED) is 0.0508. The van der Waals surface area contributed by atoms with Crippen LogP contribution in [0.25, 0.3) is 21.1 Å². The van der Waals surface area contributed by atoms with Crippen LogP contribution in [0.5, 0.6) is 11.5 Å². The van der Waals surface area contributed by atoms with Gasteiger partial charge in [0.2, 0.25) is 17.7 Å². The van der Waals surface area contributed by atoms with Crippen molar-refractivity contribution in [3.63, 3.8) is 0 Å². The van der Waals surface area contributed by atoms with E-state index in [1.54, 1.807) is 88.5 Å². The summed E-state index contributed by atoms with van der Waals surface area (Å²) in [5.41, 5.74) is 7.14. The number of pyridine rings is 1. The summed E-state index contributed by atoms with van der Waals surface area (Å²) < 4.78 is 62.9. The lowest BCUT2D eigenvalue weighted by Gasteiger charge is -2.42. The van der Waals surface area contributed by atoms with Crippen LogP contribution in [0.1, 0.15) is 110 Å². The van der Waals surface area contributed by atoms with Gasteiger partial charge in [0, 0.05) is 49.0 Å². The Morgan fingerprint density at radius 2 is 1.46 bits per heavy atom. The lowest BCUT2D eigenvalue weighted by Crippen LogP contribution is -2.62. The summed E-state index contributed by atoms with van der Waals surface area (Å²) in [6, 6.07) is 21.6. The van der Waals surface area contributed by atoms with Gasteiger partial charge in [0.05, 0.1) is 71.7 Å². The number of carbonyl (C=O) groups excluding carboxylic acids is 4. The number of nitrogens with zero attached hydrogens (tertiary/aromatic N) is 4. The van der Waals surface area contributed by atoms with Crippen LogP contribution < -0.4 is 25.4 Å². The molecule has 0 radical (unpaired) electrons. The van der Waals surface area contributed by atoms with Crippen molar-refractivity contribution in [1.82, 2.24) is 30.4 Å². The molecule has 4 aromatic carbocycles. The molecule has 452 valence electrons. The summed E-state index contributed by atoms with van der Waals surface area (Å²) in [5, 5.41) is 10.3. The van der Waals surface area contributed by atoms with Crippen molar-refractivity contribution in [2.24, 2.45) is 5.41 Å². The second kappa shape index (κ2) is 27.0. The van der Waals surface area contributed by atoms with Gasteiger partial charge in [-0.15, -0.1) is 11.3 Å². The van der Waals surface area contributed by atoms with E-state index >= 15 is 4.79 Å². The number of rotatable bonds is 23. The van der Waals surface area contributed by atoms with E-state index in [0.717, 1.165) is 51.9 Å². The number of carbonyl (C=O) groups is 4. The van der Waals surface area contributed by atoms with E-state index in [1.165, 1.54) is 17.5 Å². The molecule has 3 heterocycles. The molecule has 21 heteroatoms. The van der Waals surface area contributed by atoms with Gasteiger partial charge in [-0.2, -0.15) is 0 Å². The largest absolute Gasteiger partial charge is 0.491 e. The molecule has 8 rings (SSSR count). The molecule has 0 fully saturated rings. The van der Waals surface area contributed by atoms with Crippen molar-refractivity contribution in [1.29, 1.82) is 0 Å². The second-order valence-corrected chi connectivity index (χ2v) is 27.9. The number of nitrogens with one attached hydrogen (secondary N) is 3. The monoisotopic (exact) mass is 1190 g/mol. The van der Waals surface area contributed by atoms with Gasteiger partial charge in [-0.1, -0.05) is 51.1 Å². The summed E-state index contributed by atoms with van der Waals surface area (Å²) in [6.07, 6.45) is 3.85. The van der Waals surface area contributed by atoms with Gasteiger partial charge in [-0.25, -0.2) is 18.2 Å². The van der Waals surface area contributed by atoms with Crippen molar-refractivity contribution in [2.75, 3.05) is 65.2 Å². The third-order valence-electron chi connectivity index (χ3n) is 14.9. The third-order valence-corrected chi connectivity index (χ3v) is 18.2. The lowest BCUT2D eigenvalue weighted by atomic mass is 9.83. The van der Waals surface area contributed by atoms with E-state index in [-0.39, 0.29) is 68.6 Å². The average molecular weight is 1190 g/mol. The fraction of sp³-hybridized carbons (Fsp3) is 0.492. The molecule has 84 heavy (non-hydrogen) atoms. The Kier molecular flexibility index (Phi) is 20.3. The highest BCUT2D eigenvalue weighted by molar-refractivity contribution is 7.92. The number of benzene rings is 4. The Hall–Kier alpha value is -6.91. The molecule has 4 amide bonds. The van der Waals surface area contributed by atoms with E-state index in [2.05, 4.69) is 32.0 Å². The summed E-state index contributed by atoms with van der Waals surface area (Å²) in [7, 11) is -2.36. The molecule has 0 bridgehead atoms. The minimum absolute atomic E-state index is 0.0659. The molecule has 0 saturated heterocycles. The predicted octanol–water partition coefficient (Wildman–Crippen LogP) is 9.90. The number of amides is 4. The van der Waals surface area contributed by atoms with E-state index in [0.29, 0.717) is 42.2 Å². The molecule has 3 N–H and O–H groups in total. The molecule has 0 saturated carbocycles. The Morgan fingerprint density at radius 1 is 0.774 bits per heavy atom. The van der Waals surface area contributed by atoms with Gasteiger partial charge in [0.25, 0.3) is 0 Å². The minimum Gasteiger partial charge on any atom is -0.491 e. The molecule has 6 aromatic rings. The van der Waals surface area contributed by atoms with Gasteiger partial charge in [-0.3, -0.25) is 24.3 Å². The van der Waals surface area contributed by atoms with E-state index in [9.17, 15) is 22.8 Å². The number of hydrogen-bond donors (Lipinski definition) is 3. The smallest absolute Gasteiger partial charge is 0.410 e. The Balaban J connectivity index is 0.816. The first-order valence-electron chi connectivity index (χ1n) is 28.6. The lowest BCUT2D eigenvalue weighted by molar-refractivity contribution is -0.147. The van der Waals surface area contributed by atoms with Crippen LogP contribution in [0.15, 0.2) is 95.5 Å². The molecule has 2 aliphatic rings. The van der Waals surface area contributed by atoms with Gasteiger partial charge >= 0.3 is 6.09 Å². The zero-order valence-corrected chi connectivity index (χ0v) is 51.8. The number of anilines is 2. The molecule has 2 aromatic heterocycles. The van der Waals surface area contributed by atoms with Crippen LogP contribution in [-0.2, 0) is 62.6 Å². The van der Waals surface area contributed by atoms with Crippen molar-refractivity contribution < 1.29 is 56.0 Å². The Labute approximate surface area is 497 Å². The summed E-state index contributed by atoms with van der Waals surface area (Å²) in [6.45, 7) is 19.4. The fourth-order valence-corrected chi connectivity index (χ4v) is 12.0. The maximum absolute atomic E-state index is 15.0. The van der Waals surface area contributed by atoms with Gasteiger partial charge in [-0.05, 0) is 138 Å². The first-order valence-corrected chi connectivity index (χ1v) is 31.0. The highest BCUT2D eigenvalue weighted by Crippen LogP contribution is 2.39. The van der Waals surface area contributed by atoms with Crippen LogP contribution in [-0.4, -0.2) is 140 Å². The number of hydrogen-bond acceptors (Lipinski definition) is 16. The zero-order chi connectivity index (χ0) is 60.6. The molecular formula is C63H81N7O12S2. The first kappa shape index (κ1) is 63.1. The maximum atomic E-state index is 15.0. The topological polar surface area (TPSA) is 226 Å². The fourth-order valence-electron chi connectivity index (χ4n) is 10.0. The predicted molar refractivity (Wildman–Crippen MR) is 325 cm³/mol. The van der Waals surface area contributed by atoms with Crippen molar-refractivity contribution >= 4 is 77.5 Å². The molecule has 0 spiro atoms. The van der Waals surface area contributed by atoms with Crippen LogP contribution >= 0.6 is 11.3 Å². The number of likely N-dealkylation sites (N-methyl/N-ethyl adjacent to an activating group) is 1. The SMILES string of the molecule is C[C@@H](C(=O)NC(C(=O)N1Cc2cc(OCCOCCOCCOCCOc3cc4nccc(Nc5ccc6scnc6c5)c4cc3S(=O)(=O)C(C)(C)C)ccc2C[C@H]1C(=O)N[C@H]1CCCc2ccccc21)C(C)(C)C)N(C)C(=O)OC(C)(C)C. The summed E-state index contributed by atoms with van der Waals surface area (Å²) in [4.78, 5) is 68.2. The Bertz CT molecular complexity index is 3420. The van der Waals surface area contributed by atoms with Gasteiger partial charge in [0.15, 0.2) is 9.84 Å². The standard InChI is InChI=1S/C63H81N7O12S2/c1-40(69(11)60(74)82-62(5,6)7)57(71)68-56(61(2,3)4)59(73)70-38-43-33-45(21-19-42(43)34-52(70)58(72)67-48-18-14-16-41-15-12-13-17-46(41)48)80-31-29-78-27-25-77-26-28-79-30-32-81-53-37-50-47(36-55(53)84(75,76)63(8,9)10)49(23-24-64-50)66-44-20-22-54-51(35-44)65-39-83-54/h12-13,15,17,19-24,33,35-37,39-40,48,52,56H,14,16,18,25-32,34,38H2,1-11H3,(H,64,66)(H,67,72)(H,68,71)/t40-,48-,52-,56?/m0/s1. The highest BCUT2D eigenvalue weighted by atomic mass is 32.2. The van der Waals surface area contributed by atoms with Crippen LogP contribution in [0, 0.1) is 5.41 Å². The van der Waals surface area contributed by atoms with Gasteiger partial charge < -0.3 is 49.3 Å². The molecule has 19 nitrogen and oxygen atoms in total. The minimum atomic E-state index is -3.84. The first-order chi connectivity index (χ1) is 39.8.